The van der Waals surface area contributed by atoms with Gasteiger partial charge in [-0.1, -0.05) is 0 Å². The molecule has 0 bridgehead atoms. The largest absolute Gasteiger partial charge is 0.481 e. The first-order chi connectivity index (χ1) is 13.9. The minimum atomic E-state index is -0.650. The third-order valence-corrected chi connectivity index (χ3v) is 6.30. The van der Waals surface area contributed by atoms with Crippen molar-refractivity contribution in [2.24, 2.45) is 5.41 Å². The molecule has 0 radical (unpaired) electrons. The second-order valence-corrected chi connectivity index (χ2v) is 8.47. The average Bonchev–Trinajstić information content (AvgIpc) is 2.74. The van der Waals surface area contributed by atoms with E-state index >= 15 is 0 Å². The fraction of sp³-hybridized carbons (Fsp3) is 0.522. The van der Waals surface area contributed by atoms with E-state index in [1.165, 1.54) is 0 Å². The van der Waals surface area contributed by atoms with Crippen molar-refractivity contribution >= 4 is 16.9 Å². The van der Waals surface area contributed by atoms with Crippen molar-refractivity contribution in [2.75, 3.05) is 13.1 Å². The number of likely N-dealkylation sites (tertiary alicyclic amines) is 1. The van der Waals surface area contributed by atoms with E-state index in [0.717, 1.165) is 42.2 Å². The van der Waals surface area contributed by atoms with Gasteiger partial charge in [0.2, 0.25) is 0 Å². The molecule has 1 aliphatic heterocycles. The first-order valence-electron chi connectivity index (χ1n) is 10.4. The summed E-state index contributed by atoms with van der Waals surface area (Å²) in [5.74, 6) is 0.424. The Bertz CT molecular complexity index is 1040. The Hall–Kier alpha value is -2.81. The molecule has 6 nitrogen and oxygen atoms in total. The van der Waals surface area contributed by atoms with Crippen molar-refractivity contribution in [3.8, 4) is 11.8 Å². The number of amides is 1. The topological polar surface area (TPSA) is 83.5 Å². The van der Waals surface area contributed by atoms with Crippen molar-refractivity contribution in [3.63, 3.8) is 0 Å². The van der Waals surface area contributed by atoms with Gasteiger partial charge in [0.25, 0.3) is 5.91 Å². The van der Waals surface area contributed by atoms with Crippen LogP contribution in [0.25, 0.3) is 11.0 Å². The highest BCUT2D eigenvalue weighted by Gasteiger charge is 2.33. The molecule has 1 aromatic carbocycles. The molecule has 1 aromatic heterocycles. The molecular weight excluding hydrogens is 368 g/mol. The lowest BCUT2D eigenvalue weighted by Gasteiger charge is -2.36. The molecule has 1 aliphatic carbocycles. The smallest absolute Gasteiger partial charge is 0.339 e. The Morgan fingerprint density at radius 2 is 1.93 bits per heavy atom. The molecule has 1 saturated heterocycles. The quantitative estimate of drug-likeness (QED) is 0.743. The molecule has 0 spiro atoms. The van der Waals surface area contributed by atoms with Gasteiger partial charge in [-0.05, 0) is 70.1 Å². The number of hydrogen-bond donors (Lipinski definition) is 0. The first-order valence-corrected chi connectivity index (χ1v) is 10.4. The number of hydrogen-bond acceptors (Lipinski definition) is 5. The van der Waals surface area contributed by atoms with E-state index in [1.54, 1.807) is 17.9 Å². The van der Waals surface area contributed by atoms with Crippen LogP contribution < -0.4 is 10.4 Å². The summed E-state index contributed by atoms with van der Waals surface area (Å²) in [6.45, 7) is 4.80. The summed E-state index contributed by atoms with van der Waals surface area (Å²) >= 11 is 0. The van der Waals surface area contributed by atoms with Crippen molar-refractivity contribution in [3.05, 3.63) is 39.7 Å². The number of carbonyl (C=O) groups is 1. The maximum absolute atomic E-state index is 12.8. The van der Waals surface area contributed by atoms with Crippen molar-refractivity contribution in [2.45, 2.75) is 58.5 Å². The molecule has 2 aromatic rings. The molecule has 6 heteroatoms. The van der Waals surface area contributed by atoms with Crippen LogP contribution in [0.4, 0.5) is 0 Å². The van der Waals surface area contributed by atoms with Gasteiger partial charge in [0, 0.05) is 30.1 Å². The summed E-state index contributed by atoms with van der Waals surface area (Å²) in [5, 5.41) is 10.2. The van der Waals surface area contributed by atoms with Crippen LogP contribution >= 0.6 is 0 Å². The predicted molar refractivity (Wildman–Crippen MR) is 109 cm³/mol. The summed E-state index contributed by atoms with van der Waals surface area (Å²) in [4.78, 5) is 26.8. The maximum atomic E-state index is 12.8. The highest BCUT2D eigenvalue weighted by molar-refractivity contribution is 5.84. The lowest BCUT2D eigenvalue weighted by molar-refractivity contribution is -0.139. The molecular formula is C23H26N2O4. The zero-order valence-corrected chi connectivity index (χ0v) is 17.0. The van der Waals surface area contributed by atoms with Crippen LogP contribution in [0.2, 0.25) is 0 Å². The van der Waals surface area contributed by atoms with Gasteiger partial charge >= 0.3 is 5.63 Å². The number of rotatable bonds is 3. The molecule has 2 aliphatic rings. The van der Waals surface area contributed by atoms with Gasteiger partial charge in [-0.25, -0.2) is 4.79 Å². The molecule has 152 valence electrons. The van der Waals surface area contributed by atoms with E-state index in [0.29, 0.717) is 37.3 Å². The Balaban J connectivity index is 1.50. The minimum Gasteiger partial charge on any atom is -0.481 e. The molecule has 1 amide bonds. The van der Waals surface area contributed by atoms with E-state index in [9.17, 15) is 14.9 Å². The SMILES string of the molecule is CC(Oc1ccc2c3c(c(=O)oc2c1)CCCC3)C(=O)N1CCC(C)(C#N)CC1. The standard InChI is InChI=1S/C23H26N2O4/c1-15(21(26)25-11-9-23(2,14-24)10-12-25)28-16-7-8-18-17-5-3-4-6-19(17)22(27)29-20(18)13-16/h7-8,13,15H,3-6,9-12H2,1-2H3. The Kier molecular flexibility index (Phi) is 5.08. The molecule has 4 rings (SSSR count). The fourth-order valence-corrected chi connectivity index (χ4v) is 4.34. The normalized spacial score (nSPS) is 19.3. The summed E-state index contributed by atoms with van der Waals surface area (Å²) in [6.07, 6.45) is 4.47. The lowest BCUT2D eigenvalue weighted by atomic mass is 9.82. The molecule has 0 saturated carbocycles. The predicted octanol–water partition coefficient (Wildman–Crippen LogP) is 3.59. The van der Waals surface area contributed by atoms with Crippen LogP contribution in [0.15, 0.2) is 27.4 Å². The molecule has 1 fully saturated rings. The van der Waals surface area contributed by atoms with Crippen molar-refractivity contribution in [1.82, 2.24) is 4.90 Å². The number of benzene rings is 1. The van der Waals surface area contributed by atoms with Crippen LogP contribution in [-0.2, 0) is 17.6 Å². The van der Waals surface area contributed by atoms with Crippen molar-refractivity contribution < 1.29 is 13.9 Å². The van der Waals surface area contributed by atoms with Crippen LogP contribution in [-0.4, -0.2) is 30.0 Å². The third kappa shape index (κ3) is 3.74. The molecule has 29 heavy (non-hydrogen) atoms. The number of nitriles is 1. The lowest BCUT2D eigenvalue weighted by Crippen LogP contribution is -2.46. The van der Waals surface area contributed by atoms with Crippen LogP contribution in [0.5, 0.6) is 5.75 Å². The summed E-state index contributed by atoms with van der Waals surface area (Å²) in [5.41, 5.74) is 1.79. The molecule has 0 N–H and O–H groups in total. The van der Waals surface area contributed by atoms with Crippen LogP contribution in [0.1, 0.15) is 50.7 Å². The van der Waals surface area contributed by atoms with Gasteiger partial charge in [-0.2, -0.15) is 5.26 Å². The van der Waals surface area contributed by atoms with E-state index < -0.39 is 6.10 Å². The zero-order chi connectivity index (χ0) is 20.6. The van der Waals surface area contributed by atoms with Crippen molar-refractivity contribution in [1.29, 1.82) is 5.26 Å². The average molecular weight is 394 g/mol. The van der Waals surface area contributed by atoms with Gasteiger partial charge in [0.05, 0.1) is 11.5 Å². The first kappa shape index (κ1) is 19.5. The third-order valence-electron chi connectivity index (χ3n) is 6.30. The minimum absolute atomic E-state index is 0.0861. The van der Waals surface area contributed by atoms with E-state index in [4.69, 9.17) is 9.15 Å². The van der Waals surface area contributed by atoms with Crippen LogP contribution in [0, 0.1) is 16.7 Å². The highest BCUT2D eigenvalue weighted by atomic mass is 16.5. The number of fused-ring (bicyclic) bond motifs is 3. The van der Waals surface area contributed by atoms with Gasteiger partial charge in [0.15, 0.2) is 6.10 Å². The van der Waals surface area contributed by atoms with E-state index in [1.807, 2.05) is 19.1 Å². The maximum Gasteiger partial charge on any atom is 0.339 e. The Morgan fingerprint density at radius 1 is 1.24 bits per heavy atom. The summed E-state index contributed by atoms with van der Waals surface area (Å²) < 4.78 is 11.4. The molecule has 1 atom stereocenters. The summed E-state index contributed by atoms with van der Waals surface area (Å²) in [6, 6.07) is 7.82. The van der Waals surface area contributed by atoms with Crippen LogP contribution in [0.3, 0.4) is 0 Å². The zero-order valence-electron chi connectivity index (χ0n) is 17.0. The number of ether oxygens (including phenoxy) is 1. The van der Waals surface area contributed by atoms with E-state index in [2.05, 4.69) is 6.07 Å². The number of piperidine rings is 1. The van der Waals surface area contributed by atoms with Gasteiger partial charge in [0.1, 0.15) is 11.3 Å². The second-order valence-electron chi connectivity index (χ2n) is 8.47. The number of nitrogens with zero attached hydrogens (tertiary/aromatic N) is 2. The second kappa shape index (κ2) is 7.55. The number of aryl methyl sites for hydroxylation is 1. The Labute approximate surface area is 170 Å². The van der Waals surface area contributed by atoms with Gasteiger partial charge in [-0.15, -0.1) is 0 Å². The molecule has 2 heterocycles. The highest BCUT2D eigenvalue weighted by Crippen LogP contribution is 2.31. The number of carbonyl (C=O) groups excluding carboxylic acids is 1. The van der Waals surface area contributed by atoms with Gasteiger partial charge in [-0.3, -0.25) is 4.79 Å². The fourth-order valence-electron chi connectivity index (χ4n) is 4.34. The Morgan fingerprint density at radius 3 is 2.62 bits per heavy atom. The molecule has 1 unspecified atom stereocenters. The van der Waals surface area contributed by atoms with Gasteiger partial charge < -0.3 is 14.1 Å². The summed E-state index contributed by atoms with van der Waals surface area (Å²) in [7, 11) is 0. The monoisotopic (exact) mass is 394 g/mol. The van der Waals surface area contributed by atoms with E-state index in [-0.39, 0.29) is 16.9 Å².